The van der Waals surface area contributed by atoms with Gasteiger partial charge >= 0.3 is 0 Å². The fraction of sp³-hybridized carbons (Fsp3) is 0.750. The van der Waals surface area contributed by atoms with E-state index in [4.69, 9.17) is 5.26 Å². The van der Waals surface area contributed by atoms with Crippen molar-refractivity contribution in [3.8, 4) is 6.07 Å². The van der Waals surface area contributed by atoms with Crippen molar-refractivity contribution in [2.24, 2.45) is 5.92 Å². The molecule has 1 amide bonds. The van der Waals surface area contributed by atoms with Crippen molar-refractivity contribution in [3.63, 3.8) is 0 Å². The Kier molecular flexibility index (Phi) is 7.97. The zero-order valence-corrected chi connectivity index (χ0v) is 12.1. The second-order valence-corrected chi connectivity index (χ2v) is 5.33. The first-order valence-electron chi connectivity index (χ1n) is 7.63. The lowest BCUT2D eigenvalue weighted by atomic mass is 9.98. The van der Waals surface area contributed by atoms with Crippen LogP contribution in [-0.4, -0.2) is 23.9 Å². The molecule has 0 aromatic rings. The maximum absolute atomic E-state index is 11.9. The summed E-state index contributed by atoms with van der Waals surface area (Å²) < 4.78 is 0. The highest BCUT2D eigenvalue weighted by atomic mass is 16.2. The highest BCUT2D eigenvalue weighted by molar-refractivity contribution is 5.87. The van der Waals surface area contributed by atoms with Crippen molar-refractivity contribution in [1.29, 1.82) is 5.26 Å². The number of hydrogen-bond donors (Lipinski definition) is 0. The molecule has 0 unspecified atom stereocenters. The summed E-state index contributed by atoms with van der Waals surface area (Å²) in [5.74, 6) is 0.261. The maximum atomic E-state index is 11.9. The van der Waals surface area contributed by atoms with E-state index in [1.165, 1.54) is 32.1 Å². The predicted molar refractivity (Wildman–Crippen MR) is 77.4 cm³/mol. The molecule has 0 atom stereocenters. The molecule has 3 heteroatoms. The molecule has 1 fully saturated rings. The molecule has 3 nitrogen and oxygen atoms in total. The number of carbonyl (C=O) groups excluding carboxylic acids is 1. The molecule has 0 aliphatic carbocycles. The van der Waals surface area contributed by atoms with Gasteiger partial charge < -0.3 is 4.90 Å². The van der Waals surface area contributed by atoms with E-state index in [2.05, 4.69) is 13.0 Å². The predicted octanol–water partition coefficient (Wildman–Crippen LogP) is 3.67. The normalized spacial score (nSPS) is 16.7. The molecule has 1 rings (SSSR count). The lowest BCUT2D eigenvalue weighted by molar-refractivity contribution is -0.127. The molecular weight excluding hydrogens is 236 g/mol. The minimum Gasteiger partial charge on any atom is -0.339 e. The molecule has 0 aromatic carbocycles. The topological polar surface area (TPSA) is 44.1 Å². The average Bonchev–Trinajstić information content (AvgIpc) is 2.46. The first kappa shape index (κ1) is 15.8. The number of piperidine rings is 1. The van der Waals surface area contributed by atoms with Gasteiger partial charge in [-0.3, -0.25) is 4.79 Å². The summed E-state index contributed by atoms with van der Waals surface area (Å²) in [5.41, 5.74) is 0. The van der Waals surface area contributed by atoms with Gasteiger partial charge in [-0.2, -0.15) is 5.26 Å². The molecule has 106 valence electrons. The van der Waals surface area contributed by atoms with Gasteiger partial charge in [0, 0.05) is 19.0 Å². The van der Waals surface area contributed by atoms with Gasteiger partial charge in [0.05, 0.1) is 6.07 Å². The van der Waals surface area contributed by atoms with E-state index in [1.807, 2.05) is 11.0 Å². The minimum absolute atomic E-state index is 0.116. The van der Waals surface area contributed by atoms with E-state index in [-0.39, 0.29) is 11.8 Å². The Morgan fingerprint density at radius 3 is 2.58 bits per heavy atom. The van der Waals surface area contributed by atoms with Crippen LogP contribution in [0.2, 0.25) is 0 Å². The van der Waals surface area contributed by atoms with Crippen LogP contribution in [0, 0.1) is 17.2 Å². The van der Waals surface area contributed by atoms with Crippen molar-refractivity contribution in [1.82, 2.24) is 4.90 Å². The van der Waals surface area contributed by atoms with Gasteiger partial charge in [0.1, 0.15) is 0 Å². The van der Waals surface area contributed by atoms with E-state index >= 15 is 0 Å². The van der Waals surface area contributed by atoms with E-state index in [1.54, 1.807) is 6.08 Å². The molecule has 1 aliphatic rings. The van der Waals surface area contributed by atoms with Gasteiger partial charge in [0.25, 0.3) is 0 Å². The third-order valence-electron chi connectivity index (χ3n) is 3.72. The Hall–Kier alpha value is -1.30. The van der Waals surface area contributed by atoms with Crippen molar-refractivity contribution in [2.75, 3.05) is 13.1 Å². The smallest absolute Gasteiger partial charge is 0.246 e. The number of rotatable bonds is 7. The molecule has 0 bridgehead atoms. The zero-order chi connectivity index (χ0) is 13.9. The molecule has 1 heterocycles. The van der Waals surface area contributed by atoms with Gasteiger partial charge in [0.15, 0.2) is 0 Å². The van der Waals surface area contributed by atoms with Crippen molar-refractivity contribution in [2.45, 2.75) is 58.3 Å². The third kappa shape index (κ3) is 6.42. The number of carbonyl (C=O) groups is 1. The quantitative estimate of drug-likeness (QED) is 0.519. The van der Waals surface area contributed by atoms with Crippen LogP contribution in [0.3, 0.4) is 0 Å². The number of amides is 1. The van der Waals surface area contributed by atoms with Crippen molar-refractivity contribution >= 4 is 5.91 Å². The summed E-state index contributed by atoms with van der Waals surface area (Å²) in [6, 6.07) is 2.28. The van der Waals surface area contributed by atoms with Crippen LogP contribution in [0.25, 0.3) is 0 Å². The summed E-state index contributed by atoms with van der Waals surface area (Å²) in [6.07, 6.45) is 12.7. The Labute approximate surface area is 117 Å². The second-order valence-electron chi connectivity index (χ2n) is 5.33. The monoisotopic (exact) mass is 262 g/mol. The lowest BCUT2D eigenvalue weighted by Gasteiger charge is -2.28. The summed E-state index contributed by atoms with van der Waals surface area (Å²) in [4.78, 5) is 13.7. The van der Waals surface area contributed by atoms with E-state index in [0.717, 1.165) is 32.4 Å². The van der Waals surface area contributed by atoms with Gasteiger partial charge in [-0.15, -0.1) is 0 Å². The molecular formula is C16H26N2O. The van der Waals surface area contributed by atoms with Gasteiger partial charge in [0.2, 0.25) is 5.91 Å². The number of unbranched alkanes of at least 4 members (excludes halogenated alkanes) is 5. The largest absolute Gasteiger partial charge is 0.339 e. The molecule has 0 radical (unpaired) electrons. The van der Waals surface area contributed by atoms with Crippen LogP contribution >= 0.6 is 0 Å². The molecule has 1 saturated heterocycles. The van der Waals surface area contributed by atoms with E-state index < -0.39 is 0 Å². The fourth-order valence-corrected chi connectivity index (χ4v) is 2.38. The van der Waals surface area contributed by atoms with Crippen LogP contribution in [0.1, 0.15) is 58.3 Å². The number of nitrogens with zero attached hydrogens (tertiary/aromatic N) is 2. The molecule has 19 heavy (non-hydrogen) atoms. The number of hydrogen-bond acceptors (Lipinski definition) is 2. The van der Waals surface area contributed by atoms with Crippen molar-refractivity contribution < 1.29 is 4.79 Å². The van der Waals surface area contributed by atoms with Gasteiger partial charge in [-0.05, 0) is 31.8 Å². The lowest BCUT2D eigenvalue weighted by Crippen LogP contribution is -2.37. The third-order valence-corrected chi connectivity index (χ3v) is 3.72. The van der Waals surface area contributed by atoms with E-state index in [9.17, 15) is 4.79 Å². The molecule has 0 aromatic heterocycles. The van der Waals surface area contributed by atoms with Crippen LogP contribution in [0.4, 0.5) is 0 Å². The zero-order valence-electron chi connectivity index (χ0n) is 12.1. The summed E-state index contributed by atoms with van der Waals surface area (Å²) in [6.45, 7) is 3.68. The second kappa shape index (κ2) is 9.61. The average molecular weight is 262 g/mol. The Morgan fingerprint density at radius 1 is 1.26 bits per heavy atom. The maximum Gasteiger partial charge on any atom is 0.246 e. The number of allylic oxidation sites excluding steroid dienone is 1. The first-order chi connectivity index (χ1) is 9.27. The Balaban J connectivity index is 2.12. The van der Waals surface area contributed by atoms with Crippen LogP contribution < -0.4 is 0 Å². The highest BCUT2D eigenvalue weighted by Gasteiger charge is 2.20. The fourth-order valence-electron chi connectivity index (χ4n) is 2.38. The number of nitriles is 1. The summed E-state index contributed by atoms with van der Waals surface area (Å²) >= 11 is 0. The minimum atomic E-state index is 0.116. The van der Waals surface area contributed by atoms with Gasteiger partial charge in [-0.1, -0.05) is 38.7 Å². The van der Waals surface area contributed by atoms with Crippen LogP contribution in [0.5, 0.6) is 0 Å². The summed E-state index contributed by atoms with van der Waals surface area (Å²) in [7, 11) is 0. The SMILES string of the molecule is CCCCCCC/C=C/C(=O)N1CCC(C#N)CC1. The number of likely N-dealkylation sites (tertiary alicyclic amines) is 1. The first-order valence-corrected chi connectivity index (χ1v) is 7.63. The summed E-state index contributed by atoms with van der Waals surface area (Å²) in [5, 5.41) is 8.81. The van der Waals surface area contributed by atoms with Crippen molar-refractivity contribution in [3.05, 3.63) is 12.2 Å². The molecule has 1 aliphatic heterocycles. The molecule has 0 spiro atoms. The standard InChI is InChI=1S/C16H26N2O/c1-2-3-4-5-6-7-8-9-16(19)18-12-10-15(14-17)11-13-18/h8-9,15H,2-7,10-13H2,1H3/b9-8+. The van der Waals surface area contributed by atoms with Crippen LogP contribution in [0.15, 0.2) is 12.2 Å². The van der Waals surface area contributed by atoms with E-state index in [0.29, 0.717) is 0 Å². The Bertz CT molecular complexity index is 322. The highest BCUT2D eigenvalue weighted by Crippen LogP contribution is 2.16. The Morgan fingerprint density at radius 2 is 1.95 bits per heavy atom. The molecule has 0 saturated carbocycles. The van der Waals surface area contributed by atoms with Crippen LogP contribution in [-0.2, 0) is 4.79 Å². The molecule has 0 N–H and O–H groups in total. The van der Waals surface area contributed by atoms with Gasteiger partial charge in [-0.25, -0.2) is 0 Å².